The molecule has 5 nitrogen and oxygen atoms in total. The molecule has 1 aliphatic heterocycles. The summed E-state index contributed by atoms with van der Waals surface area (Å²) in [6.45, 7) is 5.43. The van der Waals surface area contributed by atoms with E-state index >= 15 is 0 Å². The highest BCUT2D eigenvalue weighted by atomic mass is 19.4. The predicted molar refractivity (Wildman–Crippen MR) is 75.5 cm³/mol. The van der Waals surface area contributed by atoms with Gasteiger partial charge in [0.25, 0.3) is 0 Å². The molecule has 0 unspecified atom stereocenters. The molecule has 0 aromatic carbocycles. The first kappa shape index (κ1) is 15.8. The Morgan fingerprint density at radius 2 is 1.95 bits per heavy atom. The number of hydrogen-bond acceptors (Lipinski definition) is 5. The molecule has 0 spiro atoms. The van der Waals surface area contributed by atoms with Crippen molar-refractivity contribution in [3.63, 3.8) is 0 Å². The number of halogens is 3. The Kier molecular flexibility index (Phi) is 4.87. The molecule has 1 saturated heterocycles. The molecule has 0 aliphatic carbocycles. The lowest BCUT2D eigenvalue weighted by Gasteiger charge is -2.23. The lowest BCUT2D eigenvalue weighted by atomic mass is 10.3. The van der Waals surface area contributed by atoms with Gasteiger partial charge in [0.05, 0.1) is 0 Å². The average molecular weight is 303 g/mol. The van der Waals surface area contributed by atoms with Crippen LogP contribution in [-0.2, 0) is 6.18 Å². The predicted octanol–water partition coefficient (Wildman–Crippen LogP) is 2.07. The van der Waals surface area contributed by atoms with Crippen LogP contribution in [-0.4, -0.2) is 54.6 Å². The summed E-state index contributed by atoms with van der Waals surface area (Å²) in [7, 11) is 2.01. The van der Waals surface area contributed by atoms with Crippen LogP contribution in [0.2, 0.25) is 0 Å². The van der Waals surface area contributed by atoms with Gasteiger partial charge in [-0.1, -0.05) is 0 Å². The second kappa shape index (κ2) is 6.46. The van der Waals surface area contributed by atoms with E-state index in [1.54, 1.807) is 6.07 Å². The monoisotopic (exact) mass is 303 g/mol. The Balaban J connectivity index is 2.30. The molecular weight excluding hydrogens is 283 g/mol. The highest BCUT2D eigenvalue weighted by Gasteiger charge is 2.36. The molecule has 1 aromatic heterocycles. The van der Waals surface area contributed by atoms with Crippen LogP contribution < -0.4 is 10.2 Å². The van der Waals surface area contributed by atoms with Crippen LogP contribution in [0.15, 0.2) is 6.07 Å². The molecule has 0 atom stereocenters. The van der Waals surface area contributed by atoms with Gasteiger partial charge in [0.2, 0.25) is 5.82 Å². The van der Waals surface area contributed by atoms with Crippen molar-refractivity contribution in [3.05, 3.63) is 11.9 Å². The molecule has 1 fully saturated rings. The van der Waals surface area contributed by atoms with Gasteiger partial charge in [-0.15, -0.1) is 0 Å². The van der Waals surface area contributed by atoms with Crippen molar-refractivity contribution < 1.29 is 13.2 Å². The number of hydrogen-bond donors (Lipinski definition) is 1. The molecule has 8 heteroatoms. The van der Waals surface area contributed by atoms with Gasteiger partial charge in [-0.2, -0.15) is 13.2 Å². The van der Waals surface area contributed by atoms with E-state index in [2.05, 4.69) is 20.2 Å². The molecule has 1 N–H and O–H groups in total. The Labute approximate surface area is 122 Å². The lowest BCUT2D eigenvalue weighted by Crippen LogP contribution is -2.30. The summed E-state index contributed by atoms with van der Waals surface area (Å²) in [6.07, 6.45) is -3.64. The Morgan fingerprint density at radius 3 is 2.62 bits per heavy atom. The van der Waals surface area contributed by atoms with Crippen LogP contribution in [0, 0.1) is 0 Å². The standard InChI is InChI=1S/C13H20F3N5/c1-3-17-10-9-11(19-12(18-10)13(14,15)16)21-6-4-5-20(2)7-8-21/h9H,3-8H2,1-2H3,(H,17,18,19). The number of rotatable bonds is 3. The normalized spacial score (nSPS) is 17.7. The maximum atomic E-state index is 12.9. The van der Waals surface area contributed by atoms with Crippen LogP contribution in [0.4, 0.5) is 24.8 Å². The van der Waals surface area contributed by atoms with Crippen LogP contribution in [0.5, 0.6) is 0 Å². The molecule has 1 aromatic rings. The third kappa shape index (κ3) is 4.20. The average Bonchev–Trinajstić information content (AvgIpc) is 2.63. The summed E-state index contributed by atoms with van der Waals surface area (Å²) in [5, 5.41) is 2.84. The highest BCUT2D eigenvalue weighted by Crippen LogP contribution is 2.29. The molecule has 2 rings (SSSR count). The van der Waals surface area contributed by atoms with Crippen LogP contribution in [0.1, 0.15) is 19.2 Å². The molecule has 0 bridgehead atoms. The fraction of sp³-hybridized carbons (Fsp3) is 0.692. The summed E-state index contributed by atoms with van der Waals surface area (Å²) in [6, 6.07) is 1.59. The summed E-state index contributed by atoms with van der Waals surface area (Å²) in [5.74, 6) is -0.537. The van der Waals surface area contributed by atoms with Gasteiger partial charge < -0.3 is 15.1 Å². The maximum absolute atomic E-state index is 12.9. The number of nitrogens with one attached hydrogen (secondary N) is 1. The summed E-state index contributed by atoms with van der Waals surface area (Å²) < 4.78 is 38.8. The highest BCUT2D eigenvalue weighted by molar-refractivity contribution is 5.49. The van der Waals surface area contributed by atoms with E-state index < -0.39 is 12.0 Å². The van der Waals surface area contributed by atoms with Gasteiger partial charge >= 0.3 is 6.18 Å². The minimum atomic E-state index is -4.54. The molecular formula is C13H20F3N5. The molecule has 1 aliphatic rings. The molecule has 21 heavy (non-hydrogen) atoms. The van der Waals surface area contributed by atoms with Crippen molar-refractivity contribution >= 4 is 11.6 Å². The third-order valence-corrected chi connectivity index (χ3v) is 3.37. The summed E-state index contributed by atoms with van der Waals surface area (Å²) >= 11 is 0. The molecule has 0 amide bonds. The minimum absolute atomic E-state index is 0.215. The van der Waals surface area contributed by atoms with Gasteiger partial charge in [-0.25, -0.2) is 9.97 Å². The zero-order chi connectivity index (χ0) is 15.5. The SMILES string of the molecule is CCNc1cc(N2CCCN(C)CC2)nc(C(F)(F)F)n1. The fourth-order valence-electron chi connectivity index (χ4n) is 2.27. The van der Waals surface area contributed by atoms with Gasteiger partial charge in [0.15, 0.2) is 0 Å². The number of alkyl halides is 3. The van der Waals surface area contributed by atoms with E-state index in [0.29, 0.717) is 25.5 Å². The summed E-state index contributed by atoms with van der Waals surface area (Å²) in [5.41, 5.74) is 0. The Bertz CT molecular complexity index is 477. The van der Waals surface area contributed by atoms with Crippen molar-refractivity contribution in [1.29, 1.82) is 0 Å². The Hall–Kier alpha value is -1.57. The van der Waals surface area contributed by atoms with E-state index in [1.165, 1.54) is 0 Å². The van der Waals surface area contributed by atoms with Crippen molar-refractivity contribution in [2.45, 2.75) is 19.5 Å². The van der Waals surface area contributed by atoms with Crippen molar-refractivity contribution in [2.24, 2.45) is 0 Å². The van der Waals surface area contributed by atoms with E-state index in [9.17, 15) is 13.2 Å². The van der Waals surface area contributed by atoms with Gasteiger partial charge in [-0.05, 0) is 26.9 Å². The first-order valence-corrected chi connectivity index (χ1v) is 7.04. The van der Waals surface area contributed by atoms with E-state index in [4.69, 9.17) is 0 Å². The van der Waals surface area contributed by atoms with Gasteiger partial charge in [-0.3, -0.25) is 0 Å². The molecule has 2 heterocycles. The van der Waals surface area contributed by atoms with Crippen LogP contribution in [0.3, 0.4) is 0 Å². The largest absolute Gasteiger partial charge is 0.451 e. The lowest BCUT2D eigenvalue weighted by molar-refractivity contribution is -0.144. The Morgan fingerprint density at radius 1 is 1.19 bits per heavy atom. The number of nitrogens with zero attached hydrogens (tertiary/aromatic N) is 4. The minimum Gasteiger partial charge on any atom is -0.370 e. The molecule has 0 radical (unpaired) electrons. The number of likely N-dealkylation sites (N-methyl/N-ethyl adjacent to an activating group) is 1. The van der Waals surface area contributed by atoms with Gasteiger partial charge in [0, 0.05) is 32.2 Å². The zero-order valence-electron chi connectivity index (χ0n) is 12.2. The first-order valence-electron chi connectivity index (χ1n) is 7.04. The number of aromatic nitrogens is 2. The maximum Gasteiger partial charge on any atom is 0.451 e. The summed E-state index contributed by atoms with van der Waals surface area (Å²) in [4.78, 5) is 11.3. The number of anilines is 2. The van der Waals surface area contributed by atoms with Crippen LogP contribution in [0.25, 0.3) is 0 Å². The van der Waals surface area contributed by atoms with E-state index in [-0.39, 0.29) is 5.82 Å². The third-order valence-electron chi connectivity index (χ3n) is 3.37. The van der Waals surface area contributed by atoms with Crippen molar-refractivity contribution in [3.8, 4) is 0 Å². The zero-order valence-corrected chi connectivity index (χ0v) is 12.2. The smallest absolute Gasteiger partial charge is 0.370 e. The van der Waals surface area contributed by atoms with E-state index in [0.717, 1.165) is 19.5 Å². The fourth-order valence-corrected chi connectivity index (χ4v) is 2.27. The van der Waals surface area contributed by atoms with Crippen molar-refractivity contribution in [1.82, 2.24) is 14.9 Å². The quantitative estimate of drug-likeness (QED) is 0.926. The first-order chi connectivity index (χ1) is 9.90. The second-order valence-electron chi connectivity index (χ2n) is 5.11. The molecule has 118 valence electrons. The second-order valence-corrected chi connectivity index (χ2v) is 5.11. The van der Waals surface area contributed by atoms with Crippen molar-refractivity contribution in [2.75, 3.05) is 50.0 Å². The molecule has 0 saturated carbocycles. The van der Waals surface area contributed by atoms with Gasteiger partial charge in [0.1, 0.15) is 11.6 Å². The van der Waals surface area contributed by atoms with Crippen LogP contribution >= 0.6 is 0 Å². The topological polar surface area (TPSA) is 44.3 Å². The van der Waals surface area contributed by atoms with E-state index in [1.807, 2.05) is 18.9 Å².